The number of anilines is 1. The molecule has 200 valence electrons. The summed E-state index contributed by atoms with van der Waals surface area (Å²) in [7, 11) is -3.00. The Morgan fingerprint density at radius 3 is 2.59 bits per heavy atom. The van der Waals surface area contributed by atoms with Crippen LogP contribution in [0.3, 0.4) is 0 Å². The summed E-state index contributed by atoms with van der Waals surface area (Å²) in [5.74, 6) is 0.285. The number of aromatic nitrogens is 1. The van der Waals surface area contributed by atoms with E-state index in [0.29, 0.717) is 5.39 Å². The van der Waals surface area contributed by atoms with Crippen LogP contribution in [-0.4, -0.2) is 64.9 Å². The predicted molar refractivity (Wildman–Crippen MR) is 123 cm³/mol. The zero-order valence-electron chi connectivity index (χ0n) is 19.7. The maximum atomic E-state index is 13.1. The number of ether oxygens (including phenoxy) is 3. The quantitative estimate of drug-likeness (QED) is 0.346. The molecule has 1 aliphatic rings. The van der Waals surface area contributed by atoms with Crippen molar-refractivity contribution >= 4 is 33.0 Å². The number of hydrogen-bond donors (Lipinski definition) is 0. The van der Waals surface area contributed by atoms with Crippen molar-refractivity contribution in [1.82, 2.24) is 5.16 Å². The Balaban J connectivity index is 1.48. The number of cyclic esters (lactones) is 1. The first-order valence-electron chi connectivity index (χ1n) is 11.0. The molecule has 0 radical (unpaired) electrons. The number of alkyl halides is 3. The summed E-state index contributed by atoms with van der Waals surface area (Å²) >= 11 is 0. The summed E-state index contributed by atoms with van der Waals surface area (Å²) in [6.07, 6.45) is -9.20. The Hall–Kier alpha value is -3.36. The summed E-state index contributed by atoms with van der Waals surface area (Å²) in [4.78, 5) is 13.2. The molecule has 4 rings (SSSR count). The van der Waals surface area contributed by atoms with Crippen LogP contribution in [0.5, 0.6) is 5.75 Å². The van der Waals surface area contributed by atoms with Gasteiger partial charge >= 0.3 is 12.3 Å². The molecule has 0 N–H and O–H groups in total. The average Bonchev–Trinajstić information content (AvgIpc) is 3.39. The number of rotatable bonds is 10. The van der Waals surface area contributed by atoms with Crippen molar-refractivity contribution in [2.45, 2.75) is 36.6 Å². The third kappa shape index (κ3) is 6.50. The fourth-order valence-corrected chi connectivity index (χ4v) is 4.73. The lowest BCUT2D eigenvalue weighted by Gasteiger charge is -2.19. The van der Waals surface area contributed by atoms with Crippen LogP contribution in [0.4, 0.5) is 23.8 Å². The normalized spacial score (nSPS) is 17.3. The summed E-state index contributed by atoms with van der Waals surface area (Å²) in [6, 6.07) is 9.81. The summed E-state index contributed by atoms with van der Waals surface area (Å²) in [6.45, 7) is 1.42. The van der Waals surface area contributed by atoms with E-state index < -0.39 is 47.6 Å². The molecule has 0 spiro atoms. The molecule has 2 unspecified atom stereocenters. The lowest BCUT2D eigenvalue weighted by atomic mass is 10.2. The molecule has 1 fully saturated rings. The lowest BCUT2D eigenvalue weighted by molar-refractivity contribution is -0.152. The molecule has 37 heavy (non-hydrogen) atoms. The van der Waals surface area contributed by atoms with Gasteiger partial charge in [-0.2, -0.15) is 21.6 Å². The highest BCUT2D eigenvalue weighted by atomic mass is 32.2. The molecule has 0 aliphatic carbocycles. The first-order valence-corrected chi connectivity index (χ1v) is 12.4. The van der Waals surface area contributed by atoms with Gasteiger partial charge in [0, 0.05) is 13.2 Å². The number of nitrogens with zero attached hydrogens (tertiary/aromatic N) is 2. The number of benzene rings is 2. The molecule has 14 heteroatoms. The molecule has 1 aliphatic heterocycles. The molecule has 2 aromatic carbocycles. The van der Waals surface area contributed by atoms with E-state index in [9.17, 15) is 26.4 Å². The highest BCUT2D eigenvalue weighted by molar-refractivity contribution is 7.86. The van der Waals surface area contributed by atoms with E-state index in [2.05, 4.69) is 5.16 Å². The molecule has 2 heterocycles. The standard InChI is InChI=1S/C23H23F3N2O8S/c1-14-3-6-18(7-4-14)37(30,31)36-16(10-23(24,25)26)13-33-15-5-8-19-20(9-15)35-27-21(19)28-11-17(12-32-2)34-22(28)29/h3-9,16-17H,10-13H2,1-2H3. The minimum atomic E-state index is -4.70. The molecule has 1 saturated heterocycles. The van der Waals surface area contributed by atoms with Crippen LogP contribution in [0, 0.1) is 6.92 Å². The van der Waals surface area contributed by atoms with Crippen LogP contribution in [0.15, 0.2) is 51.9 Å². The van der Waals surface area contributed by atoms with Gasteiger partial charge in [0.25, 0.3) is 10.1 Å². The van der Waals surface area contributed by atoms with E-state index in [4.69, 9.17) is 22.9 Å². The Kier molecular flexibility index (Phi) is 7.62. The Bertz CT molecular complexity index is 1360. The third-order valence-electron chi connectivity index (χ3n) is 5.37. The monoisotopic (exact) mass is 544 g/mol. The zero-order chi connectivity index (χ0) is 26.8. The second kappa shape index (κ2) is 10.6. The number of halogens is 3. The van der Waals surface area contributed by atoms with Crippen molar-refractivity contribution in [3.8, 4) is 5.75 Å². The molecular weight excluding hydrogens is 521 g/mol. The van der Waals surface area contributed by atoms with Crippen molar-refractivity contribution < 1.29 is 49.3 Å². The first-order chi connectivity index (χ1) is 17.4. The Morgan fingerprint density at radius 1 is 1.19 bits per heavy atom. The summed E-state index contributed by atoms with van der Waals surface area (Å²) in [5.41, 5.74) is 0.965. The molecule has 2 atom stereocenters. The van der Waals surface area contributed by atoms with Crippen molar-refractivity contribution in [2.75, 3.05) is 31.8 Å². The number of methoxy groups -OCH3 is 1. The average molecular weight is 545 g/mol. The highest BCUT2D eigenvalue weighted by Crippen LogP contribution is 2.32. The number of fused-ring (bicyclic) bond motifs is 1. The van der Waals surface area contributed by atoms with Crippen molar-refractivity contribution in [3.63, 3.8) is 0 Å². The van der Waals surface area contributed by atoms with Gasteiger partial charge in [0.15, 0.2) is 11.4 Å². The van der Waals surface area contributed by atoms with Gasteiger partial charge in [-0.05, 0) is 31.2 Å². The summed E-state index contributed by atoms with van der Waals surface area (Å²) in [5, 5.41) is 4.33. The van der Waals surface area contributed by atoms with Gasteiger partial charge in [0.1, 0.15) is 24.6 Å². The molecule has 10 nitrogen and oxygen atoms in total. The smallest absolute Gasteiger partial charge is 0.416 e. The second-order valence-corrected chi connectivity index (χ2v) is 9.92. The SMILES string of the molecule is COCC1CN(c2noc3cc(OCC(CC(F)(F)F)OS(=O)(=O)c4ccc(C)cc4)ccc23)C(=O)O1. The largest absolute Gasteiger partial charge is 0.491 e. The van der Waals surface area contributed by atoms with Gasteiger partial charge in [0.2, 0.25) is 0 Å². The first kappa shape index (κ1) is 26.7. The number of amides is 1. The highest BCUT2D eigenvalue weighted by Gasteiger charge is 2.37. The van der Waals surface area contributed by atoms with Gasteiger partial charge in [-0.3, -0.25) is 9.08 Å². The van der Waals surface area contributed by atoms with Crippen LogP contribution in [0.25, 0.3) is 11.0 Å². The van der Waals surface area contributed by atoms with Crippen LogP contribution < -0.4 is 9.64 Å². The lowest BCUT2D eigenvalue weighted by Crippen LogP contribution is -2.30. The molecule has 3 aromatic rings. The van der Waals surface area contributed by atoms with Crippen LogP contribution in [0.1, 0.15) is 12.0 Å². The van der Waals surface area contributed by atoms with Gasteiger partial charge in [0.05, 0.1) is 29.9 Å². The van der Waals surface area contributed by atoms with E-state index in [0.717, 1.165) is 5.56 Å². The van der Waals surface area contributed by atoms with Crippen LogP contribution in [-0.2, 0) is 23.8 Å². The van der Waals surface area contributed by atoms with Gasteiger partial charge in [-0.1, -0.05) is 22.9 Å². The number of aryl methyl sites for hydroxylation is 1. The minimum Gasteiger partial charge on any atom is -0.491 e. The van der Waals surface area contributed by atoms with E-state index in [-0.39, 0.29) is 35.2 Å². The zero-order valence-corrected chi connectivity index (χ0v) is 20.5. The topological polar surface area (TPSA) is 117 Å². The molecule has 0 bridgehead atoms. The minimum absolute atomic E-state index is 0.0833. The van der Waals surface area contributed by atoms with E-state index in [1.54, 1.807) is 6.92 Å². The fraction of sp³-hybridized carbons (Fsp3) is 0.391. The number of carbonyl (C=O) groups excluding carboxylic acids is 1. The second-order valence-electron chi connectivity index (χ2n) is 8.35. The Labute approximate surface area is 209 Å². The van der Waals surface area contributed by atoms with Gasteiger partial charge in [-0.25, -0.2) is 4.79 Å². The molecule has 0 saturated carbocycles. The molecular formula is C23H23F3N2O8S. The van der Waals surface area contributed by atoms with Crippen molar-refractivity contribution in [1.29, 1.82) is 0 Å². The van der Waals surface area contributed by atoms with Crippen LogP contribution in [0.2, 0.25) is 0 Å². The summed E-state index contributed by atoms with van der Waals surface area (Å²) < 4.78 is 90.2. The fourth-order valence-electron chi connectivity index (χ4n) is 3.66. The number of hydrogen-bond acceptors (Lipinski definition) is 9. The Morgan fingerprint density at radius 2 is 1.92 bits per heavy atom. The predicted octanol–water partition coefficient (Wildman–Crippen LogP) is 4.21. The molecule has 1 amide bonds. The van der Waals surface area contributed by atoms with Crippen LogP contribution >= 0.6 is 0 Å². The molecule has 1 aromatic heterocycles. The van der Waals surface area contributed by atoms with Crippen molar-refractivity contribution in [3.05, 3.63) is 48.0 Å². The van der Waals surface area contributed by atoms with Gasteiger partial charge < -0.3 is 18.7 Å². The van der Waals surface area contributed by atoms with Crippen molar-refractivity contribution in [2.24, 2.45) is 0 Å². The number of carbonyl (C=O) groups is 1. The van der Waals surface area contributed by atoms with E-state index in [1.807, 2.05) is 0 Å². The van der Waals surface area contributed by atoms with Gasteiger partial charge in [-0.15, -0.1) is 0 Å². The third-order valence-corrected chi connectivity index (χ3v) is 6.75. The maximum Gasteiger partial charge on any atom is 0.416 e. The van der Waals surface area contributed by atoms with E-state index >= 15 is 0 Å². The van der Waals surface area contributed by atoms with E-state index in [1.165, 1.54) is 54.5 Å². The maximum absolute atomic E-state index is 13.1.